The Kier molecular flexibility index (Phi) is 3.96. The lowest BCUT2D eigenvalue weighted by atomic mass is 10.0. The van der Waals surface area contributed by atoms with Gasteiger partial charge in [-0.15, -0.1) is 0 Å². The van der Waals surface area contributed by atoms with Gasteiger partial charge in [0, 0.05) is 25.6 Å². The molecule has 3 aliphatic rings. The maximum absolute atomic E-state index is 12.6. The second-order valence-corrected chi connectivity index (χ2v) is 6.55. The summed E-state index contributed by atoms with van der Waals surface area (Å²) in [5.41, 5.74) is 0. The van der Waals surface area contributed by atoms with Crippen LogP contribution in [0.1, 0.15) is 38.5 Å². The standard InChI is InChI=1S/C15H25N3O2/c1-17-8-3-2-4-12(17)10-18-9-7-13(19)16-14(15(18)20)11-5-6-11/h11-12,14H,2-10H2,1H3,(H,16,19). The first-order chi connectivity index (χ1) is 9.65. The lowest BCUT2D eigenvalue weighted by Gasteiger charge is -2.36. The minimum absolute atomic E-state index is 0.0368. The van der Waals surface area contributed by atoms with Crippen molar-refractivity contribution in [1.29, 1.82) is 0 Å². The number of rotatable bonds is 3. The molecule has 3 rings (SSSR count). The number of hydrogen-bond acceptors (Lipinski definition) is 3. The van der Waals surface area contributed by atoms with Gasteiger partial charge >= 0.3 is 0 Å². The Balaban J connectivity index is 1.67. The van der Waals surface area contributed by atoms with Crippen molar-refractivity contribution >= 4 is 11.8 Å². The molecule has 0 spiro atoms. The Morgan fingerprint density at radius 3 is 2.65 bits per heavy atom. The van der Waals surface area contributed by atoms with Gasteiger partial charge in [0.1, 0.15) is 6.04 Å². The SMILES string of the molecule is CN1CCCCC1CN1CCC(=O)NC(C2CC2)C1=O. The first kappa shape index (κ1) is 13.9. The van der Waals surface area contributed by atoms with Crippen LogP contribution in [0, 0.1) is 5.92 Å². The molecule has 0 aromatic rings. The van der Waals surface area contributed by atoms with E-state index in [0.717, 1.165) is 32.4 Å². The first-order valence-corrected chi connectivity index (χ1v) is 7.93. The van der Waals surface area contributed by atoms with Crippen molar-refractivity contribution in [2.75, 3.05) is 26.7 Å². The highest BCUT2D eigenvalue weighted by molar-refractivity contribution is 5.90. The molecule has 2 saturated heterocycles. The zero-order valence-corrected chi connectivity index (χ0v) is 12.3. The van der Waals surface area contributed by atoms with Crippen LogP contribution in [0.4, 0.5) is 0 Å². The molecule has 1 aliphatic carbocycles. The number of nitrogens with zero attached hydrogens (tertiary/aromatic N) is 2. The Morgan fingerprint density at radius 1 is 1.15 bits per heavy atom. The summed E-state index contributed by atoms with van der Waals surface area (Å²) >= 11 is 0. The Labute approximate surface area is 120 Å². The number of carbonyl (C=O) groups excluding carboxylic acids is 2. The van der Waals surface area contributed by atoms with Gasteiger partial charge in [-0.1, -0.05) is 6.42 Å². The Morgan fingerprint density at radius 2 is 1.95 bits per heavy atom. The van der Waals surface area contributed by atoms with Gasteiger partial charge in [0.25, 0.3) is 0 Å². The van der Waals surface area contributed by atoms with Gasteiger partial charge in [-0.25, -0.2) is 0 Å². The highest BCUT2D eigenvalue weighted by atomic mass is 16.2. The molecule has 5 heteroatoms. The van der Waals surface area contributed by atoms with Crippen LogP contribution in [0.25, 0.3) is 0 Å². The topological polar surface area (TPSA) is 52.6 Å². The van der Waals surface area contributed by atoms with Gasteiger partial charge in [-0.2, -0.15) is 0 Å². The molecule has 0 aromatic carbocycles. The van der Waals surface area contributed by atoms with Gasteiger partial charge in [0.2, 0.25) is 11.8 Å². The molecule has 2 atom stereocenters. The third-order valence-corrected chi connectivity index (χ3v) is 4.95. The average Bonchev–Trinajstić information content (AvgIpc) is 3.26. The van der Waals surface area contributed by atoms with Crippen LogP contribution in [0.15, 0.2) is 0 Å². The highest BCUT2D eigenvalue weighted by Gasteiger charge is 2.41. The second-order valence-electron chi connectivity index (χ2n) is 6.55. The highest BCUT2D eigenvalue weighted by Crippen LogP contribution is 2.34. The molecule has 1 saturated carbocycles. The van der Waals surface area contributed by atoms with E-state index in [-0.39, 0.29) is 17.9 Å². The van der Waals surface area contributed by atoms with Crippen LogP contribution in [-0.4, -0.2) is 60.4 Å². The predicted octanol–water partition coefficient (Wildman–Crippen LogP) is 0.598. The number of hydrogen-bond donors (Lipinski definition) is 1. The molecule has 0 aromatic heterocycles. The Bertz CT molecular complexity index is 395. The third-order valence-electron chi connectivity index (χ3n) is 4.95. The molecular formula is C15H25N3O2. The number of likely N-dealkylation sites (tertiary alicyclic amines) is 1. The molecule has 0 radical (unpaired) electrons. The summed E-state index contributed by atoms with van der Waals surface area (Å²) in [4.78, 5) is 28.7. The molecule has 2 unspecified atom stereocenters. The van der Waals surface area contributed by atoms with Crippen molar-refractivity contribution in [3.05, 3.63) is 0 Å². The van der Waals surface area contributed by atoms with E-state index in [9.17, 15) is 9.59 Å². The molecule has 112 valence electrons. The molecule has 2 amide bonds. The lowest BCUT2D eigenvalue weighted by Crippen LogP contribution is -2.51. The molecule has 3 fully saturated rings. The molecular weight excluding hydrogens is 254 g/mol. The van der Waals surface area contributed by atoms with Gasteiger partial charge < -0.3 is 15.1 Å². The zero-order chi connectivity index (χ0) is 14.1. The average molecular weight is 279 g/mol. The van der Waals surface area contributed by atoms with E-state index >= 15 is 0 Å². The molecule has 0 bridgehead atoms. The van der Waals surface area contributed by atoms with Crippen molar-refractivity contribution in [3.8, 4) is 0 Å². The number of amides is 2. The van der Waals surface area contributed by atoms with Crippen molar-refractivity contribution in [2.45, 2.75) is 50.6 Å². The van der Waals surface area contributed by atoms with E-state index in [4.69, 9.17) is 0 Å². The van der Waals surface area contributed by atoms with Crippen molar-refractivity contribution in [1.82, 2.24) is 15.1 Å². The smallest absolute Gasteiger partial charge is 0.245 e. The normalized spacial score (nSPS) is 33.0. The van der Waals surface area contributed by atoms with E-state index in [1.807, 2.05) is 4.90 Å². The number of piperidine rings is 1. The van der Waals surface area contributed by atoms with Crippen molar-refractivity contribution in [2.24, 2.45) is 5.92 Å². The first-order valence-electron chi connectivity index (χ1n) is 7.93. The minimum Gasteiger partial charge on any atom is -0.344 e. The van der Waals surface area contributed by atoms with E-state index in [1.165, 1.54) is 12.8 Å². The molecule has 2 heterocycles. The van der Waals surface area contributed by atoms with E-state index < -0.39 is 0 Å². The summed E-state index contributed by atoms with van der Waals surface area (Å²) < 4.78 is 0. The van der Waals surface area contributed by atoms with Crippen LogP contribution in [0.5, 0.6) is 0 Å². The van der Waals surface area contributed by atoms with Crippen LogP contribution in [0.3, 0.4) is 0 Å². The number of likely N-dealkylation sites (N-methyl/N-ethyl adjacent to an activating group) is 1. The summed E-state index contributed by atoms with van der Waals surface area (Å²) in [6.45, 7) is 2.49. The van der Waals surface area contributed by atoms with Gasteiger partial charge in [0.05, 0.1) is 0 Å². The predicted molar refractivity (Wildman–Crippen MR) is 76.1 cm³/mol. The summed E-state index contributed by atoms with van der Waals surface area (Å²) in [5, 5.41) is 2.93. The molecule has 1 N–H and O–H groups in total. The minimum atomic E-state index is -0.251. The summed E-state index contributed by atoms with van der Waals surface area (Å²) in [7, 11) is 2.15. The summed E-state index contributed by atoms with van der Waals surface area (Å²) in [5.74, 6) is 0.572. The van der Waals surface area contributed by atoms with Gasteiger partial charge in [-0.05, 0) is 45.2 Å². The molecule has 20 heavy (non-hydrogen) atoms. The van der Waals surface area contributed by atoms with Crippen molar-refractivity contribution < 1.29 is 9.59 Å². The fourth-order valence-electron chi connectivity index (χ4n) is 3.41. The van der Waals surface area contributed by atoms with Gasteiger partial charge in [0.15, 0.2) is 0 Å². The molecule has 2 aliphatic heterocycles. The quantitative estimate of drug-likeness (QED) is 0.823. The zero-order valence-electron chi connectivity index (χ0n) is 12.3. The third kappa shape index (κ3) is 2.97. The second kappa shape index (κ2) is 5.72. The fourth-order valence-corrected chi connectivity index (χ4v) is 3.41. The summed E-state index contributed by atoms with van der Waals surface area (Å²) in [6, 6.07) is 0.208. The lowest BCUT2D eigenvalue weighted by molar-refractivity contribution is -0.134. The largest absolute Gasteiger partial charge is 0.344 e. The van der Waals surface area contributed by atoms with Crippen LogP contribution in [0.2, 0.25) is 0 Å². The fraction of sp³-hybridized carbons (Fsp3) is 0.867. The van der Waals surface area contributed by atoms with Crippen LogP contribution in [-0.2, 0) is 9.59 Å². The summed E-state index contributed by atoms with van der Waals surface area (Å²) in [6.07, 6.45) is 6.27. The number of nitrogens with one attached hydrogen (secondary N) is 1. The van der Waals surface area contributed by atoms with Crippen LogP contribution < -0.4 is 5.32 Å². The van der Waals surface area contributed by atoms with E-state index in [0.29, 0.717) is 24.9 Å². The van der Waals surface area contributed by atoms with Gasteiger partial charge in [-0.3, -0.25) is 9.59 Å². The van der Waals surface area contributed by atoms with E-state index in [2.05, 4.69) is 17.3 Å². The molecule has 5 nitrogen and oxygen atoms in total. The maximum Gasteiger partial charge on any atom is 0.245 e. The van der Waals surface area contributed by atoms with E-state index in [1.54, 1.807) is 0 Å². The maximum atomic E-state index is 12.6. The van der Waals surface area contributed by atoms with Crippen molar-refractivity contribution in [3.63, 3.8) is 0 Å². The monoisotopic (exact) mass is 279 g/mol. The Hall–Kier alpha value is -1.10. The number of carbonyl (C=O) groups is 2. The van der Waals surface area contributed by atoms with Crippen LogP contribution >= 0.6 is 0 Å².